The standard InChI is InChI=1S/C.Na.H2O6S2/c;;1-7(2,3)8(4,5)6/h;;(H,1,2,3)(H,4,5,6)/q+4;+1;. The van der Waals surface area contributed by atoms with E-state index in [0.717, 1.165) is 0 Å². The molecule has 0 aliphatic rings. The van der Waals surface area contributed by atoms with Crippen LogP contribution >= 0.6 is 0 Å². The summed E-state index contributed by atoms with van der Waals surface area (Å²) in [6.07, 6.45) is 0. The zero-order valence-corrected chi connectivity index (χ0v) is 8.48. The van der Waals surface area contributed by atoms with E-state index in [9.17, 15) is 16.8 Å². The minimum atomic E-state index is -5.31. The number of hydrogen-bond acceptors (Lipinski definition) is 4. The normalized spacial score (nSPS) is 11.0. The quantitative estimate of drug-likeness (QED) is 0.250. The van der Waals surface area contributed by atoms with E-state index in [1.807, 2.05) is 0 Å². The average Bonchev–Trinajstić information content (AvgIpc) is 1.25. The third-order valence-electron chi connectivity index (χ3n) is 0.266. The summed E-state index contributed by atoms with van der Waals surface area (Å²) in [6.45, 7) is 0. The second kappa shape index (κ2) is 4.65. The first-order chi connectivity index (χ1) is 3.25. The zero-order valence-electron chi connectivity index (χ0n) is 4.84. The van der Waals surface area contributed by atoms with Gasteiger partial charge in [0.25, 0.3) is 0 Å². The van der Waals surface area contributed by atoms with Crippen LogP contribution in [-0.2, 0) is 18.3 Å². The van der Waals surface area contributed by atoms with Crippen LogP contribution in [0.2, 0.25) is 0 Å². The first-order valence-electron chi connectivity index (χ1n) is 1.20. The summed E-state index contributed by atoms with van der Waals surface area (Å²) in [4.78, 5) is 0. The Bertz CT molecular complexity index is 228. The molecule has 6 nitrogen and oxygen atoms in total. The van der Waals surface area contributed by atoms with Gasteiger partial charge in [0.15, 0.2) is 0 Å². The minimum Gasteiger partial charge on any atom is -0.272 e. The van der Waals surface area contributed by atoms with Gasteiger partial charge in [-0.05, 0) is 0 Å². The molecule has 0 aromatic heterocycles. The number of hydrogen-bond donors (Lipinski definition) is 2. The fraction of sp³-hybridized carbons (Fsp3) is 0. The SMILES string of the molecule is O=S(=O)(O)S(=O)(=O)O.[C+4].[Na+]. The van der Waals surface area contributed by atoms with Crippen molar-refractivity contribution in [3.05, 3.63) is 7.43 Å². The van der Waals surface area contributed by atoms with Gasteiger partial charge in [-0.2, -0.15) is 16.8 Å². The van der Waals surface area contributed by atoms with Crippen molar-refractivity contribution in [2.45, 2.75) is 0 Å². The van der Waals surface area contributed by atoms with E-state index in [1.54, 1.807) is 0 Å². The second-order valence-corrected chi connectivity index (χ2v) is 5.09. The number of rotatable bonds is 1. The van der Waals surface area contributed by atoms with Crippen LogP contribution in [0.15, 0.2) is 0 Å². The summed E-state index contributed by atoms with van der Waals surface area (Å²) in [5, 5.41) is 0. The topological polar surface area (TPSA) is 109 Å². The fourth-order valence-corrected chi connectivity index (χ4v) is 0. The molecular weight excluding hydrogens is 195 g/mol. The molecule has 10 heavy (non-hydrogen) atoms. The van der Waals surface area contributed by atoms with Gasteiger partial charge in [-0.25, -0.2) is 0 Å². The molecule has 0 aliphatic carbocycles. The predicted molar refractivity (Wildman–Crippen MR) is 26.3 cm³/mol. The Balaban J connectivity index is -0.000000245. The maximum absolute atomic E-state index is 9.37. The van der Waals surface area contributed by atoms with Crippen LogP contribution in [0.4, 0.5) is 0 Å². The van der Waals surface area contributed by atoms with E-state index in [0.29, 0.717) is 0 Å². The molecule has 0 unspecified atom stereocenters. The van der Waals surface area contributed by atoms with Crippen molar-refractivity contribution in [1.29, 1.82) is 0 Å². The molecule has 2 N–H and O–H groups in total. The Morgan fingerprint density at radius 3 is 0.900 bits per heavy atom. The largest absolute Gasteiger partial charge is 4.00 e. The van der Waals surface area contributed by atoms with E-state index in [1.165, 1.54) is 0 Å². The van der Waals surface area contributed by atoms with Gasteiger partial charge in [0, 0.05) is 0 Å². The van der Waals surface area contributed by atoms with E-state index < -0.39 is 18.3 Å². The molecule has 0 aliphatic heterocycles. The molecule has 0 radical (unpaired) electrons. The molecule has 0 bridgehead atoms. The van der Waals surface area contributed by atoms with Crippen molar-refractivity contribution in [3.63, 3.8) is 0 Å². The molecule has 0 amide bonds. The maximum Gasteiger partial charge on any atom is 4.00 e. The summed E-state index contributed by atoms with van der Waals surface area (Å²) in [6, 6.07) is 0. The van der Waals surface area contributed by atoms with Crippen molar-refractivity contribution in [3.8, 4) is 0 Å². The van der Waals surface area contributed by atoms with Crippen molar-refractivity contribution >= 4 is 18.3 Å². The van der Waals surface area contributed by atoms with Crippen LogP contribution in [0.1, 0.15) is 0 Å². The van der Waals surface area contributed by atoms with Gasteiger partial charge in [-0.3, -0.25) is 9.11 Å². The van der Waals surface area contributed by atoms with Crippen LogP contribution in [0.25, 0.3) is 0 Å². The Labute approximate surface area is 80.8 Å². The van der Waals surface area contributed by atoms with Crippen molar-refractivity contribution in [2.75, 3.05) is 0 Å². The molecule has 0 atom stereocenters. The van der Waals surface area contributed by atoms with Gasteiger partial charge in [0.1, 0.15) is 0 Å². The van der Waals surface area contributed by atoms with Crippen molar-refractivity contribution in [2.24, 2.45) is 0 Å². The Morgan fingerprint density at radius 2 is 0.900 bits per heavy atom. The van der Waals surface area contributed by atoms with E-state index in [-0.39, 0.29) is 37.0 Å². The zero-order chi connectivity index (χ0) is 7.00. The van der Waals surface area contributed by atoms with Gasteiger partial charge < -0.3 is 0 Å². The van der Waals surface area contributed by atoms with Crippen LogP contribution in [0.3, 0.4) is 0 Å². The summed E-state index contributed by atoms with van der Waals surface area (Å²) < 4.78 is 52.5. The van der Waals surface area contributed by atoms with E-state index >= 15 is 0 Å². The van der Waals surface area contributed by atoms with Gasteiger partial charge in [0.2, 0.25) is 0 Å². The molecule has 0 heterocycles. The molecule has 0 aromatic carbocycles. The van der Waals surface area contributed by atoms with E-state index in [2.05, 4.69) is 0 Å². The third-order valence-corrected chi connectivity index (χ3v) is 2.40. The van der Waals surface area contributed by atoms with Crippen LogP contribution in [0.5, 0.6) is 0 Å². The monoisotopic (exact) mass is 197 g/mol. The summed E-state index contributed by atoms with van der Waals surface area (Å²) in [5.74, 6) is 0. The Kier molecular flexibility index (Phi) is 7.93. The minimum absolute atomic E-state index is 0. The molecule has 0 rings (SSSR count). The van der Waals surface area contributed by atoms with Crippen molar-refractivity contribution in [1.82, 2.24) is 0 Å². The van der Waals surface area contributed by atoms with Gasteiger partial charge in [0.05, 0.1) is 0 Å². The first kappa shape index (κ1) is 17.1. The van der Waals surface area contributed by atoms with Crippen LogP contribution in [0, 0.1) is 7.43 Å². The maximum atomic E-state index is 9.37. The smallest absolute Gasteiger partial charge is 0.272 e. The Morgan fingerprint density at radius 1 is 0.800 bits per heavy atom. The molecular formula is CH2NaO6S2+5. The van der Waals surface area contributed by atoms with Gasteiger partial charge in [-0.15, -0.1) is 0 Å². The fourth-order valence-electron chi connectivity index (χ4n) is 0. The summed E-state index contributed by atoms with van der Waals surface area (Å²) >= 11 is 0. The van der Waals surface area contributed by atoms with Gasteiger partial charge in [-0.1, -0.05) is 0 Å². The van der Waals surface area contributed by atoms with Crippen LogP contribution in [-0.4, -0.2) is 25.9 Å². The first-order valence-corrected chi connectivity index (χ1v) is 4.60. The molecule has 0 saturated carbocycles. The van der Waals surface area contributed by atoms with Crippen molar-refractivity contribution < 1.29 is 55.5 Å². The molecule has 50 valence electrons. The van der Waals surface area contributed by atoms with E-state index in [4.69, 9.17) is 9.11 Å². The Hall–Kier alpha value is 0.820. The molecule has 0 spiro atoms. The predicted octanol–water partition coefficient (Wildman–Crippen LogP) is -4.24. The summed E-state index contributed by atoms with van der Waals surface area (Å²) in [5.41, 5.74) is 0. The third kappa shape index (κ3) is 5.59. The average molecular weight is 197 g/mol. The molecule has 0 aromatic rings. The van der Waals surface area contributed by atoms with Crippen LogP contribution < -0.4 is 29.6 Å². The molecule has 0 saturated heterocycles. The second-order valence-electron chi connectivity index (χ2n) is 0.855. The molecule has 0 fully saturated rings. The molecule has 9 heteroatoms. The summed E-state index contributed by atoms with van der Waals surface area (Å²) in [7, 11) is -10.6. The van der Waals surface area contributed by atoms with Gasteiger partial charge >= 0.3 is 55.3 Å².